The summed E-state index contributed by atoms with van der Waals surface area (Å²) in [4.78, 5) is 2.44. The SMILES string of the molecule is C/C(=N/N1CCN(Cc2ccccc2Cl)CC1)c1ccc(-c2ccccc2)cc1. The lowest BCUT2D eigenvalue weighted by atomic mass is 10.0. The number of rotatable bonds is 5. The minimum Gasteiger partial charge on any atom is -0.295 e. The molecule has 1 saturated heterocycles. The molecule has 3 aromatic rings. The maximum atomic E-state index is 6.30. The fraction of sp³-hybridized carbons (Fsp3) is 0.240. The highest BCUT2D eigenvalue weighted by Crippen LogP contribution is 2.20. The highest BCUT2D eigenvalue weighted by Gasteiger charge is 2.17. The van der Waals surface area contributed by atoms with Crippen molar-refractivity contribution in [3.8, 4) is 11.1 Å². The van der Waals surface area contributed by atoms with Gasteiger partial charge in [-0.3, -0.25) is 9.91 Å². The minimum atomic E-state index is 0.850. The van der Waals surface area contributed by atoms with Gasteiger partial charge >= 0.3 is 0 Å². The fourth-order valence-corrected chi connectivity index (χ4v) is 3.86. The van der Waals surface area contributed by atoms with Gasteiger partial charge in [-0.1, -0.05) is 84.4 Å². The van der Waals surface area contributed by atoms with Gasteiger partial charge in [0.25, 0.3) is 0 Å². The lowest BCUT2D eigenvalue weighted by Crippen LogP contribution is -2.43. The summed E-state index contributed by atoms with van der Waals surface area (Å²) in [5.74, 6) is 0. The smallest absolute Gasteiger partial charge is 0.0646 e. The molecule has 4 rings (SSSR count). The molecular formula is C25H26ClN3. The summed E-state index contributed by atoms with van der Waals surface area (Å²) in [5.41, 5.74) is 5.90. The summed E-state index contributed by atoms with van der Waals surface area (Å²) in [5, 5.41) is 7.90. The predicted molar refractivity (Wildman–Crippen MR) is 122 cm³/mol. The molecule has 0 aromatic heterocycles. The van der Waals surface area contributed by atoms with E-state index in [2.05, 4.69) is 71.4 Å². The Hall–Kier alpha value is -2.62. The average Bonchev–Trinajstić information content (AvgIpc) is 2.77. The topological polar surface area (TPSA) is 18.8 Å². The van der Waals surface area contributed by atoms with Crippen molar-refractivity contribution >= 4 is 17.3 Å². The van der Waals surface area contributed by atoms with Crippen LogP contribution in [0.2, 0.25) is 5.02 Å². The van der Waals surface area contributed by atoms with Crippen LogP contribution in [0.3, 0.4) is 0 Å². The number of nitrogens with zero attached hydrogens (tertiary/aromatic N) is 3. The summed E-state index contributed by atoms with van der Waals surface area (Å²) >= 11 is 6.30. The lowest BCUT2D eigenvalue weighted by molar-refractivity contribution is 0.130. The summed E-state index contributed by atoms with van der Waals surface area (Å²) in [6.07, 6.45) is 0. The molecule has 0 amide bonds. The van der Waals surface area contributed by atoms with Gasteiger partial charge in [0.15, 0.2) is 0 Å². The lowest BCUT2D eigenvalue weighted by Gasteiger charge is -2.33. The number of halogens is 1. The summed E-state index contributed by atoms with van der Waals surface area (Å²) in [7, 11) is 0. The van der Waals surface area contributed by atoms with E-state index >= 15 is 0 Å². The van der Waals surface area contributed by atoms with Gasteiger partial charge in [0, 0.05) is 37.7 Å². The molecule has 4 heteroatoms. The Labute approximate surface area is 178 Å². The Bertz CT molecular complexity index is 959. The Morgan fingerprint density at radius 3 is 2.10 bits per heavy atom. The molecule has 0 spiro atoms. The van der Waals surface area contributed by atoms with Crippen LogP contribution in [0, 0.1) is 0 Å². The predicted octanol–water partition coefficient (Wildman–Crippen LogP) is 5.55. The standard InChI is InChI=1S/C25H26ClN3/c1-20(21-11-13-23(14-12-21)22-7-3-2-4-8-22)27-29-17-15-28(16-18-29)19-24-9-5-6-10-25(24)26/h2-14H,15-19H2,1H3/b27-20-. The average molecular weight is 404 g/mol. The van der Waals surface area contributed by atoms with Gasteiger partial charge in [-0.15, -0.1) is 0 Å². The number of hydrogen-bond acceptors (Lipinski definition) is 3. The Morgan fingerprint density at radius 2 is 1.41 bits per heavy atom. The van der Waals surface area contributed by atoms with Crippen LogP contribution >= 0.6 is 11.6 Å². The van der Waals surface area contributed by atoms with Gasteiger partial charge in [0.1, 0.15) is 0 Å². The highest BCUT2D eigenvalue weighted by molar-refractivity contribution is 6.31. The first-order valence-corrected chi connectivity index (χ1v) is 10.5. The molecule has 1 aliphatic heterocycles. The van der Waals surface area contributed by atoms with Gasteiger partial charge in [-0.2, -0.15) is 5.10 Å². The van der Waals surface area contributed by atoms with E-state index in [1.54, 1.807) is 0 Å². The molecule has 1 aliphatic rings. The fourth-order valence-electron chi connectivity index (χ4n) is 3.67. The largest absolute Gasteiger partial charge is 0.295 e. The Balaban J connectivity index is 1.35. The van der Waals surface area contributed by atoms with Crippen molar-refractivity contribution in [1.29, 1.82) is 0 Å². The normalized spacial score (nSPS) is 15.5. The molecule has 0 unspecified atom stereocenters. The van der Waals surface area contributed by atoms with E-state index < -0.39 is 0 Å². The number of benzene rings is 3. The monoisotopic (exact) mass is 403 g/mol. The molecule has 1 heterocycles. The Kier molecular flexibility index (Phi) is 6.28. The van der Waals surface area contributed by atoms with E-state index in [1.165, 1.54) is 22.3 Å². The van der Waals surface area contributed by atoms with Crippen molar-refractivity contribution in [2.24, 2.45) is 5.10 Å². The third-order valence-corrected chi connectivity index (χ3v) is 5.77. The van der Waals surface area contributed by atoms with Crippen LogP contribution in [-0.2, 0) is 6.54 Å². The number of hydrogen-bond donors (Lipinski definition) is 0. The first-order chi connectivity index (χ1) is 14.2. The molecule has 0 N–H and O–H groups in total. The maximum absolute atomic E-state index is 6.30. The summed E-state index contributed by atoms with van der Waals surface area (Å²) in [6.45, 7) is 6.85. The van der Waals surface area contributed by atoms with Crippen LogP contribution in [0.15, 0.2) is 84.0 Å². The van der Waals surface area contributed by atoms with E-state index in [-0.39, 0.29) is 0 Å². The molecule has 3 aromatic carbocycles. The molecule has 0 radical (unpaired) electrons. The zero-order valence-electron chi connectivity index (χ0n) is 16.8. The van der Waals surface area contributed by atoms with E-state index in [9.17, 15) is 0 Å². The first kappa shape index (κ1) is 19.7. The number of hydrazone groups is 1. The van der Waals surface area contributed by atoms with Crippen LogP contribution in [0.1, 0.15) is 18.1 Å². The van der Waals surface area contributed by atoms with Crippen molar-refractivity contribution in [1.82, 2.24) is 9.91 Å². The van der Waals surface area contributed by atoms with E-state index in [1.807, 2.05) is 24.3 Å². The van der Waals surface area contributed by atoms with E-state index in [4.69, 9.17) is 16.7 Å². The molecule has 148 valence electrons. The second kappa shape index (κ2) is 9.25. The highest BCUT2D eigenvalue weighted by atomic mass is 35.5. The molecule has 0 bridgehead atoms. The third kappa shape index (κ3) is 5.06. The van der Waals surface area contributed by atoms with Gasteiger partial charge in [0.05, 0.1) is 5.71 Å². The van der Waals surface area contributed by atoms with Crippen molar-refractivity contribution in [3.05, 3.63) is 95.0 Å². The van der Waals surface area contributed by atoms with Crippen LogP contribution < -0.4 is 0 Å². The first-order valence-electron chi connectivity index (χ1n) is 10.1. The molecule has 0 atom stereocenters. The minimum absolute atomic E-state index is 0.850. The zero-order valence-corrected chi connectivity index (χ0v) is 17.5. The molecular weight excluding hydrogens is 378 g/mol. The van der Waals surface area contributed by atoms with Gasteiger partial charge in [-0.25, -0.2) is 0 Å². The summed E-state index contributed by atoms with van der Waals surface area (Å²) < 4.78 is 0. The van der Waals surface area contributed by atoms with Crippen LogP contribution in [0.5, 0.6) is 0 Å². The van der Waals surface area contributed by atoms with Crippen molar-refractivity contribution < 1.29 is 0 Å². The molecule has 3 nitrogen and oxygen atoms in total. The van der Waals surface area contributed by atoms with Gasteiger partial charge < -0.3 is 0 Å². The number of piperazine rings is 1. The van der Waals surface area contributed by atoms with Crippen molar-refractivity contribution in [3.63, 3.8) is 0 Å². The van der Waals surface area contributed by atoms with E-state index in [0.717, 1.165) is 43.5 Å². The van der Waals surface area contributed by atoms with Crippen LogP contribution in [0.25, 0.3) is 11.1 Å². The van der Waals surface area contributed by atoms with E-state index in [0.29, 0.717) is 0 Å². The van der Waals surface area contributed by atoms with Gasteiger partial charge in [0.2, 0.25) is 0 Å². The third-order valence-electron chi connectivity index (χ3n) is 5.40. The second-order valence-electron chi connectivity index (χ2n) is 7.45. The van der Waals surface area contributed by atoms with Crippen LogP contribution in [-0.4, -0.2) is 41.8 Å². The van der Waals surface area contributed by atoms with Crippen LogP contribution in [0.4, 0.5) is 0 Å². The molecule has 0 saturated carbocycles. The van der Waals surface area contributed by atoms with Crippen molar-refractivity contribution in [2.75, 3.05) is 26.2 Å². The summed E-state index contributed by atoms with van der Waals surface area (Å²) in [6, 6.07) is 27.2. The Morgan fingerprint density at radius 1 is 0.793 bits per heavy atom. The maximum Gasteiger partial charge on any atom is 0.0646 e. The molecule has 0 aliphatic carbocycles. The van der Waals surface area contributed by atoms with Gasteiger partial charge in [-0.05, 0) is 35.2 Å². The quantitative estimate of drug-likeness (QED) is 0.520. The molecule has 1 fully saturated rings. The molecule has 29 heavy (non-hydrogen) atoms. The zero-order chi connectivity index (χ0) is 20.1. The second-order valence-corrected chi connectivity index (χ2v) is 7.86. The van der Waals surface area contributed by atoms with Crippen molar-refractivity contribution in [2.45, 2.75) is 13.5 Å².